The summed E-state index contributed by atoms with van der Waals surface area (Å²) in [6, 6.07) is 11.8. The number of halogens is 1. The van der Waals surface area contributed by atoms with Gasteiger partial charge in [-0.3, -0.25) is 9.69 Å². The van der Waals surface area contributed by atoms with Crippen molar-refractivity contribution in [2.24, 2.45) is 5.73 Å². The van der Waals surface area contributed by atoms with E-state index in [1.54, 1.807) is 21.3 Å². The average Bonchev–Trinajstić information content (AvgIpc) is 3.42. The van der Waals surface area contributed by atoms with E-state index in [0.717, 1.165) is 15.7 Å². The number of rotatable bonds is 5. The fraction of sp³-hybridized carbons (Fsp3) is 0.320. The van der Waals surface area contributed by atoms with Crippen LogP contribution in [-0.2, 0) is 4.79 Å². The number of carbonyl (C=O) groups excluding carboxylic acids is 1. The fourth-order valence-corrected chi connectivity index (χ4v) is 7.20. The van der Waals surface area contributed by atoms with Crippen molar-refractivity contribution in [3.05, 3.63) is 69.4 Å². The van der Waals surface area contributed by atoms with Crippen molar-refractivity contribution in [3.8, 4) is 11.8 Å². The average molecular weight is 538 g/mol. The van der Waals surface area contributed by atoms with E-state index < -0.39 is 5.92 Å². The van der Waals surface area contributed by atoms with E-state index in [4.69, 9.17) is 17.3 Å². The highest BCUT2D eigenvalue weighted by Crippen LogP contribution is 2.49. The molecule has 0 bridgehead atoms. The van der Waals surface area contributed by atoms with E-state index >= 15 is 0 Å². The largest absolute Gasteiger partial charge is 0.384 e. The van der Waals surface area contributed by atoms with Crippen molar-refractivity contribution < 1.29 is 4.79 Å². The lowest BCUT2D eigenvalue weighted by atomic mass is 9.76. The topological polar surface area (TPSA) is 114 Å². The predicted molar refractivity (Wildman–Crippen MR) is 142 cm³/mol. The molecule has 1 aliphatic carbocycles. The lowest BCUT2D eigenvalue weighted by molar-refractivity contribution is -0.116. The summed E-state index contributed by atoms with van der Waals surface area (Å²) in [5, 5.41) is 24.9. The zero-order valence-electron chi connectivity index (χ0n) is 20.0. The van der Waals surface area contributed by atoms with Crippen molar-refractivity contribution >= 4 is 45.6 Å². The molecule has 11 heteroatoms. The fourth-order valence-electron chi connectivity index (χ4n) is 4.72. The van der Waals surface area contributed by atoms with Gasteiger partial charge in [-0.05, 0) is 31.9 Å². The second kappa shape index (κ2) is 9.73. The number of hydrogen-bond donors (Lipinski definition) is 1. The molecule has 0 radical (unpaired) electrons. The standard InChI is InChI=1S/C25H24ClN7OS2/c1-13(2)35-25-30-29-24(36-25)32-17-10-7-11-18(34)21(17)20(16(12-27)23(32)28)19-14(3)31-33(22(19)26)15-8-5-4-6-9-15/h4-6,8-9,13,20H,7,10-11,28H2,1-3H3/t20-/m0/s1. The van der Waals surface area contributed by atoms with Crippen LogP contribution in [0.1, 0.15) is 50.3 Å². The number of thioether (sulfide) groups is 1. The van der Waals surface area contributed by atoms with Crippen LogP contribution in [-0.4, -0.2) is 31.0 Å². The molecule has 1 atom stereocenters. The lowest BCUT2D eigenvalue weighted by Gasteiger charge is -2.38. The first-order valence-electron chi connectivity index (χ1n) is 11.6. The van der Waals surface area contributed by atoms with E-state index in [1.807, 2.05) is 37.3 Å². The van der Waals surface area contributed by atoms with Gasteiger partial charge in [-0.25, -0.2) is 4.68 Å². The van der Waals surface area contributed by atoms with Gasteiger partial charge in [0.1, 0.15) is 11.0 Å². The lowest BCUT2D eigenvalue weighted by Crippen LogP contribution is -2.38. The number of anilines is 1. The molecule has 1 aliphatic heterocycles. The number of nitrogens with zero attached hydrogens (tertiary/aromatic N) is 6. The number of carbonyl (C=O) groups is 1. The van der Waals surface area contributed by atoms with Crippen LogP contribution in [0, 0.1) is 18.3 Å². The first-order chi connectivity index (χ1) is 17.3. The van der Waals surface area contributed by atoms with Gasteiger partial charge in [0.2, 0.25) is 5.13 Å². The molecule has 2 N–H and O–H groups in total. The first kappa shape index (κ1) is 24.6. The minimum atomic E-state index is -0.698. The zero-order valence-corrected chi connectivity index (χ0v) is 22.4. The molecule has 0 spiro atoms. The third kappa shape index (κ3) is 4.11. The summed E-state index contributed by atoms with van der Waals surface area (Å²) < 4.78 is 2.44. The Labute approximate surface area is 222 Å². The molecule has 0 fully saturated rings. The van der Waals surface area contributed by atoms with Crippen molar-refractivity contribution in [2.75, 3.05) is 4.90 Å². The Morgan fingerprint density at radius 3 is 2.69 bits per heavy atom. The molecule has 36 heavy (non-hydrogen) atoms. The van der Waals surface area contributed by atoms with Gasteiger partial charge in [-0.2, -0.15) is 10.4 Å². The van der Waals surface area contributed by atoms with E-state index in [9.17, 15) is 10.1 Å². The molecule has 3 heterocycles. The Morgan fingerprint density at radius 2 is 2.00 bits per heavy atom. The van der Waals surface area contributed by atoms with Gasteiger partial charge in [0.05, 0.1) is 28.9 Å². The quantitative estimate of drug-likeness (QED) is 0.425. The van der Waals surface area contributed by atoms with Gasteiger partial charge in [-0.15, -0.1) is 10.2 Å². The maximum absolute atomic E-state index is 13.4. The van der Waals surface area contributed by atoms with Gasteiger partial charge in [-0.1, -0.05) is 66.7 Å². The Morgan fingerprint density at radius 1 is 1.25 bits per heavy atom. The van der Waals surface area contributed by atoms with Crippen LogP contribution in [0.25, 0.3) is 5.69 Å². The number of aromatic nitrogens is 4. The smallest absolute Gasteiger partial charge is 0.219 e. The second-order valence-corrected chi connectivity index (χ2v) is 12.0. The number of ketones is 1. The van der Waals surface area contributed by atoms with Gasteiger partial charge < -0.3 is 5.73 Å². The summed E-state index contributed by atoms with van der Waals surface area (Å²) in [6.07, 6.45) is 1.72. The third-order valence-electron chi connectivity index (χ3n) is 6.17. The maximum Gasteiger partial charge on any atom is 0.219 e. The molecular weight excluding hydrogens is 514 g/mol. The Kier molecular flexibility index (Phi) is 6.64. The highest BCUT2D eigenvalue weighted by molar-refractivity contribution is 8.01. The molecule has 184 valence electrons. The minimum Gasteiger partial charge on any atom is -0.384 e. The molecule has 2 aromatic heterocycles. The van der Waals surface area contributed by atoms with Gasteiger partial charge in [0.15, 0.2) is 10.1 Å². The Bertz CT molecular complexity index is 1450. The molecule has 0 unspecified atom stereocenters. The first-order valence-corrected chi connectivity index (χ1v) is 13.7. The van der Waals surface area contributed by atoms with Gasteiger partial charge in [0.25, 0.3) is 0 Å². The second-order valence-electron chi connectivity index (χ2n) is 8.87. The molecule has 2 aliphatic rings. The number of Topliss-reactive ketones (excluding diaryl/α,β-unsaturated/α-hetero) is 1. The Balaban J connectivity index is 1.70. The maximum atomic E-state index is 13.4. The number of nitriles is 1. The minimum absolute atomic E-state index is 0.0179. The summed E-state index contributed by atoms with van der Waals surface area (Å²) in [7, 11) is 0. The van der Waals surface area contributed by atoms with Gasteiger partial charge >= 0.3 is 0 Å². The van der Waals surface area contributed by atoms with E-state index in [-0.39, 0.29) is 17.2 Å². The van der Waals surface area contributed by atoms with Gasteiger partial charge in [0, 0.05) is 28.5 Å². The third-order valence-corrected chi connectivity index (χ3v) is 8.53. The SMILES string of the molecule is Cc1nn(-c2ccccc2)c(Cl)c1[C@@H]1C(C#N)=C(N)N(c2nnc(SC(C)C)s2)C2=C1C(=O)CCC2. The summed E-state index contributed by atoms with van der Waals surface area (Å²) in [6.45, 7) is 6.01. The van der Waals surface area contributed by atoms with Crippen LogP contribution in [0.5, 0.6) is 0 Å². The highest BCUT2D eigenvalue weighted by Gasteiger charge is 2.43. The van der Waals surface area contributed by atoms with Crippen LogP contribution in [0.2, 0.25) is 5.15 Å². The normalized spacial score (nSPS) is 18.2. The number of hydrogen-bond acceptors (Lipinski definition) is 9. The number of allylic oxidation sites excluding steroid dienone is 3. The van der Waals surface area contributed by atoms with Crippen LogP contribution in [0.4, 0.5) is 5.13 Å². The number of nitrogens with two attached hydrogens (primary N) is 1. The summed E-state index contributed by atoms with van der Waals surface area (Å²) in [5.41, 5.74) is 10.3. The number of para-hydroxylation sites is 1. The van der Waals surface area contributed by atoms with E-state index in [1.165, 1.54) is 11.3 Å². The van der Waals surface area contributed by atoms with E-state index in [0.29, 0.717) is 51.6 Å². The summed E-state index contributed by atoms with van der Waals surface area (Å²) in [5.74, 6) is -0.469. The molecule has 8 nitrogen and oxygen atoms in total. The molecule has 5 rings (SSSR count). The van der Waals surface area contributed by atoms with Crippen LogP contribution in [0.15, 0.2) is 57.3 Å². The highest BCUT2D eigenvalue weighted by atomic mass is 35.5. The summed E-state index contributed by atoms with van der Waals surface area (Å²) >= 11 is 9.92. The molecular formula is C25H24ClN7OS2. The predicted octanol–water partition coefficient (Wildman–Crippen LogP) is 5.49. The molecule has 0 amide bonds. The molecule has 0 saturated heterocycles. The van der Waals surface area contributed by atoms with Crippen LogP contribution in [0.3, 0.4) is 0 Å². The van der Waals surface area contributed by atoms with Crippen molar-refractivity contribution in [2.45, 2.75) is 55.5 Å². The van der Waals surface area contributed by atoms with Crippen LogP contribution >= 0.6 is 34.7 Å². The van der Waals surface area contributed by atoms with E-state index in [2.05, 4.69) is 35.2 Å². The summed E-state index contributed by atoms with van der Waals surface area (Å²) in [4.78, 5) is 15.2. The number of aryl methyl sites for hydroxylation is 1. The Hall–Kier alpha value is -3.13. The monoisotopic (exact) mass is 537 g/mol. The van der Waals surface area contributed by atoms with Crippen molar-refractivity contribution in [1.82, 2.24) is 20.0 Å². The molecule has 3 aromatic rings. The van der Waals surface area contributed by atoms with Crippen molar-refractivity contribution in [1.29, 1.82) is 5.26 Å². The molecule has 1 aromatic carbocycles. The molecule has 0 saturated carbocycles. The zero-order chi connectivity index (χ0) is 25.6. The number of benzene rings is 1. The van der Waals surface area contributed by atoms with Crippen LogP contribution < -0.4 is 10.6 Å². The van der Waals surface area contributed by atoms with Crippen molar-refractivity contribution in [3.63, 3.8) is 0 Å².